The highest BCUT2D eigenvalue weighted by molar-refractivity contribution is 6.24. The molecule has 5 heteroatoms. The van der Waals surface area contributed by atoms with Crippen molar-refractivity contribution in [3.63, 3.8) is 0 Å². The Hall–Kier alpha value is -2.50. The molecule has 3 atom stereocenters. The molecule has 0 aliphatic carbocycles. The maximum Gasteiger partial charge on any atom is 0.253 e. The molecule has 2 aromatic carbocycles. The summed E-state index contributed by atoms with van der Waals surface area (Å²) in [7, 11) is 0. The first kappa shape index (κ1) is 17.6. The molecule has 5 rings (SSSR count). The Morgan fingerprint density at radius 2 is 1.43 bits per heavy atom. The number of hydrogen-bond donors (Lipinski definition) is 0. The Morgan fingerprint density at radius 1 is 0.821 bits per heavy atom. The van der Waals surface area contributed by atoms with Gasteiger partial charge in [0.05, 0.1) is 17.6 Å². The van der Waals surface area contributed by atoms with Crippen LogP contribution in [0.2, 0.25) is 0 Å². The Bertz CT molecular complexity index is 948. The van der Waals surface area contributed by atoms with E-state index in [0.717, 1.165) is 47.5 Å². The van der Waals surface area contributed by atoms with Gasteiger partial charge in [0.2, 0.25) is 5.91 Å². The van der Waals surface area contributed by atoms with Gasteiger partial charge in [0.1, 0.15) is 6.04 Å². The molecule has 3 aliphatic heterocycles. The van der Waals surface area contributed by atoms with Gasteiger partial charge in [-0.05, 0) is 43.9 Å². The number of fused-ring (bicyclic) bond motifs is 3. The van der Waals surface area contributed by atoms with Crippen molar-refractivity contribution in [3.05, 3.63) is 64.7 Å². The first-order valence-corrected chi connectivity index (χ1v) is 10.0. The Morgan fingerprint density at radius 3 is 2.07 bits per heavy atom. The third kappa shape index (κ3) is 2.33. The molecule has 0 spiro atoms. The zero-order valence-corrected chi connectivity index (χ0v) is 16.6. The number of imide groups is 1. The summed E-state index contributed by atoms with van der Waals surface area (Å²) in [5.74, 6) is -0.487. The number of amides is 2. The SMILES string of the molecule is Cc1cc(C)c(N2C(=O)[C@@H]3[C@@H](C2=O)N2CCCN2[C@@H]3c2ccccc2)c(C)c1. The van der Waals surface area contributed by atoms with Crippen LogP contribution < -0.4 is 4.90 Å². The van der Waals surface area contributed by atoms with E-state index >= 15 is 0 Å². The Balaban J connectivity index is 1.62. The van der Waals surface area contributed by atoms with E-state index < -0.39 is 0 Å². The average Bonchev–Trinajstić information content (AvgIpc) is 3.29. The summed E-state index contributed by atoms with van der Waals surface area (Å²) in [6.07, 6.45) is 1.02. The number of hydrogen-bond acceptors (Lipinski definition) is 4. The third-order valence-corrected chi connectivity index (χ3v) is 6.41. The fourth-order valence-electron chi connectivity index (χ4n) is 5.51. The zero-order valence-electron chi connectivity index (χ0n) is 16.6. The number of carbonyl (C=O) groups is 2. The second kappa shape index (κ2) is 6.26. The fraction of sp³-hybridized carbons (Fsp3) is 0.391. The second-order valence-electron chi connectivity index (χ2n) is 8.27. The highest BCUT2D eigenvalue weighted by Crippen LogP contribution is 2.49. The lowest BCUT2D eigenvalue weighted by Crippen LogP contribution is -2.44. The van der Waals surface area contributed by atoms with E-state index in [2.05, 4.69) is 22.2 Å². The lowest BCUT2D eigenvalue weighted by molar-refractivity contribution is -0.126. The van der Waals surface area contributed by atoms with E-state index in [1.165, 1.54) is 4.90 Å². The van der Waals surface area contributed by atoms with Crippen molar-refractivity contribution < 1.29 is 9.59 Å². The minimum atomic E-state index is -0.389. The molecule has 5 nitrogen and oxygen atoms in total. The molecular weight excluding hydrogens is 350 g/mol. The molecule has 3 fully saturated rings. The Kier molecular flexibility index (Phi) is 3.93. The van der Waals surface area contributed by atoms with Gasteiger partial charge in [-0.15, -0.1) is 0 Å². The van der Waals surface area contributed by atoms with Crippen molar-refractivity contribution in [1.82, 2.24) is 10.0 Å². The van der Waals surface area contributed by atoms with Gasteiger partial charge < -0.3 is 0 Å². The monoisotopic (exact) mass is 375 g/mol. The van der Waals surface area contributed by atoms with Crippen molar-refractivity contribution >= 4 is 17.5 Å². The van der Waals surface area contributed by atoms with Crippen LogP contribution in [0.4, 0.5) is 5.69 Å². The zero-order chi connectivity index (χ0) is 19.6. The molecule has 0 bridgehead atoms. The predicted molar refractivity (Wildman–Crippen MR) is 108 cm³/mol. The largest absolute Gasteiger partial charge is 0.274 e. The number of benzene rings is 2. The van der Waals surface area contributed by atoms with Crippen molar-refractivity contribution in [2.24, 2.45) is 5.92 Å². The molecule has 0 unspecified atom stereocenters. The number of anilines is 1. The minimum Gasteiger partial charge on any atom is -0.274 e. The normalized spacial score (nSPS) is 27.5. The number of carbonyl (C=O) groups excluding carboxylic acids is 2. The van der Waals surface area contributed by atoms with Crippen molar-refractivity contribution in [3.8, 4) is 0 Å². The first-order valence-electron chi connectivity index (χ1n) is 10.0. The van der Waals surface area contributed by atoms with Crippen LogP contribution in [0.5, 0.6) is 0 Å². The molecule has 0 saturated carbocycles. The van der Waals surface area contributed by atoms with E-state index in [1.807, 2.05) is 51.1 Å². The number of nitrogens with zero attached hydrogens (tertiary/aromatic N) is 3. The minimum absolute atomic E-state index is 0.0618. The van der Waals surface area contributed by atoms with Crippen LogP contribution in [0.25, 0.3) is 0 Å². The van der Waals surface area contributed by atoms with Gasteiger partial charge in [-0.3, -0.25) is 9.59 Å². The summed E-state index contributed by atoms with van der Waals surface area (Å²) in [5.41, 5.74) is 4.99. The predicted octanol–water partition coefficient (Wildman–Crippen LogP) is 3.15. The van der Waals surface area contributed by atoms with Crippen LogP contribution in [0.1, 0.15) is 34.7 Å². The van der Waals surface area contributed by atoms with Crippen LogP contribution in [0.15, 0.2) is 42.5 Å². The van der Waals surface area contributed by atoms with Crippen molar-refractivity contribution in [2.75, 3.05) is 18.0 Å². The van der Waals surface area contributed by atoms with Crippen LogP contribution in [0, 0.1) is 26.7 Å². The molecule has 3 aliphatic rings. The summed E-state index contributed by atoms with van der Waals surface area (Å²) >= 11 is 0. The van der Waals surface area contributed by atoms with Crippen LogP contribution >= 0.6 is 0 Å². The lowest BCUT2D eigenvalue weighted by atomic mass is 9.90. The van der Waals surface area contributed by atoms with E-state index in [0.29, 0.717) is 0 Å². The first-order chi connectivity index (χ1) is 13.5. The van der Waals surface area contributed by atoms with Gasteiger partial charge >= 0.3 is 0 Å². The van der Waals surface area contributed by atoms with Gasteiger partial charge in [0.15, 0.2) is 0 Å². The second-order valence-corrected chi connectivity index (χ2v) is 8.27. The molecular formula is C23H25N3O2. The van der Waals surface area contributed by atoms with E-state index in [9.17, 15) is 9.59 Å². The van der Waals surface area contributed by atoms with Crippen molar-refractivity contribution in [1.29, 1.82) is 0 Å². The van der Waals surface area contributed by atoms with Crippen LogP contribution in [-0.2, 0) is 9.59 Å². The standard InChI is InChI=1S/C23H25N3O2/c1-14-12-15(2)19(16(3)13-14)26-22(27)18-20(17-8-5-4-6-9-17)24-10-7-11-25(24)21(18)23(26)28/h4-6,8-9,12-13,18,20-21H,7,10-11H2,1-3H3/t18-,20+,21-/m0/s1. The van der Waals surface area contributed by atoms with E-state index in [4.69, 9.17) is 0 Å². The van der Waals surface area contributed by atoms with E-state index in [1.54, 1.807) is 0 Å². The highest BCUT2D eigenvalue weighted by Gasteiger charge is 2.63. The molecule has 0 aromatic heterocycles. The van der Waals surface area contributed by atoms with Gasteiger partial charge in [0.25, 0.3) is 5.91 Å². The number of hydrazine groups is 1. The highest BCUT2D eigenvalue weighted by atomic mass is 16.2. The summed E-state index contributed by atoms with van der Waals surface area (Å²) in [6, 6.07) is 13.8. The number of aryl methyl sites for hydroxylation is 3. The maximum atomic E-state index is 13.7. The van der Waals surface area contributed by atoms with Gasteiger partial charge in [-0.1, -0.05) is 48.0 Å². The quantitative estimate of drug-likeness (QED) is 0.757. The average molecular weight is 375 g/mol. The summed E-state index contributed by atoms with van der Waals surface area (Å²) < 4.78 is 0. The summed E-state index contributed by atoms with van der Waals surface area (Å²) in [4.78, 5) is 28.7. The van der Waals surface area contributed by atoms with E-state index in [-0.39, 0.29) is 29.8 Å². The lowest BCUT2D eigenvalue weighted by Gasteiger charge is -2.30. The smallest absolute Gasteiger partial charge is 0.253 e. The molecule has 144 valence electrons. The maximum absolute atomic E-state index is 13.7. The topological polar surface area (TPSA) is 43.9 Å². The molecule has 2 amide bonds. The number of rotatable bonds is 2. The summed E-state index contributed by atoms with van der Waals surface area (Å²) in [5, 5.41) is 4.41. The molecule has 0 N–H and O–H groups in total. The fourth-order valence-corrected chi connectivity index (χ4v) is 5.51. The molecule has 2 aromatic rings. The van der Waals surface area contributed by atoms with Crippen LogP contribution in [-0.4, -0.2) is 41.0 Å². The third-order valence-electron chi connectivity index (χ3n) is 6.41. The Labute approximate surface area is 165 Å². The van der Waals surface area contributed by atoms with Gasteiger partial charge in [0, 0.05) is 13.1 Å². The molecule has 3 saturated heterocycles. The molecule has 0 radical (unpaired) electrons. The summed E-state index contributed by atoms with van der Waals surface area (Å²) in [6.45, 7) is 7.75. The van der Waals surface area contributed by atoms with Gasteiger partial charge in [-0.25, -0.2) is 14.9 Å². The van der Waals surface area contributed by atoms with Crippen molar-refractivity contribution in [2.45, 2.75) is 39.3 Å². The molecule has 28 heavy (non-hydrogen) atoms. The molecule has 3 heterocycles. The van der Waals surface area contributed by atoms with Gasteiger partial charge in [-0.2, -0.15) is 0 Å². The van der Waals surface area contributed by atoms with Crippen LogP contribution in [0.3, 0.4) is 0 Å².